The van der Waals surface area contributed by atoms with Crippen molar-refractivity contribution < 1.29 is 9.90 Å². The van der Waals surface area contributed by atoms with E-state index < -0.39 is 0 Å². The highest BCUT2D eigenvalue weighted by atomic mass is 16.3. The fraction of sp³-hybridized carbons (Fsp3) is 0.600. The van der Waals surface area contributed by atoms with Gasteiger partial charge in [-0.2, -0.15) is 0 Å². The Hall–Kier alpha value is -2.12. The maximum Gasteiger partial charge on any atom is 0.317 e. The summed E-state index contributed by atoms with van der Waals surface area (Å²) in [5.41, 5.74) is 2.00. The second-order valence-electron chi connectivity index (χ2n) is 7.74. The van der Waals surface area contributed by atoms with Gasteiger partial charge in [-0.25, -0.2) is 9.78 Å². The van der Waals surface area contributed by atoms with Crippen LogP contribution in [0.5, 0.6) is 0 Å². The number of aryl methyl sites for hydroxylation is 1. The first kappa shape index (κ1) is 19.6. The molecule has 0 saturated carbocycles. The van der Waals surface area contributed by atoms with Crippen LogP contribution in [0.15, 0.2) is 24.3 Å². The molecule has 7 heteroatoms. The SMILES string of the molecule is CC(C)CN1CCN(C(=O)NCc2nc3ccccc3n2C)CC1CCO. The molecular weight excluding hydrogens is 342 g/mol. The third kappa shape index (κ3) is 4.59. The number of para-hydroxylation sites is 2. The van der Waals surface area contributed by atoms with Crippen molar-refractivity contribution in [2.24, 2.45) is 13.0 Å². The van der Waals surface area contributed by atoms with Crippen LogP contribution in [-0.2, 0) is 13.6 Å². The molecule has 1 fully saturated rings. The topological polar surface area (TPSA) is 73.6 Å². The summed E-state index contributed by atoms with van der Waals surface area (Å²) in [6, 6.07) is 8.12. The molecule has 0 radical (unpaired) electrons. The fourth-order valence-corrected chi connectivity index (χ4v) is 3.83. The normalized spacial score (nSPS) is 18.4. The van der Waals surface area contributed by atoms with Crippen molar-refractivity contribution in [3.05, 3.63) is 30.1 Å². The van der Waals surface area contributed by atoms with Gasteiger partial charge in [0.05, 0.1) is 17.6 Å². The van der Waals surface area contributed by atoms with Gasteiger partial charge in [0.25, 0.3) is 0 Å². The van der Waals surface area contributed by atoms with Crippen LogP contribution in [-0.4, -0.2) is 69.3 Å². The van der Waals surface area contributed by atoms with E-state index in [9.17, 15) is 9.90 Å². The number of fused-ring (bicyclic) bond motifs is 1. The lowest BCUT2D eigenvalue weighted by molar-refractivity contribution is 0.0654. The second-order valence-corrected chi connectivity index (χ2v) is 7.74. The molecule has 7 nitrogen and oxygen atoms in total. The summed E-state index contributed by atoms with van der Waals surface area (Å²) in [7, 11) is 1.97. The summed E-state index contributed by atoms with van der Waals surface area (Å²) in [6.45, 7) is 8.17. The number of hydrogen-bond acceptors (Lipinski definition) is 4. The highest BCUT2D eigenvalue weighted by molar-refractivity contribution is 5.76. The number of piperazine rings is 1. The fourth-order valence-electron chi connectivity index (χ4n) is 3.83. The van der Waals surface area contributed by atoms with Gasteiger partial charge in [0.1, 0.15) is 5.82 Å². The monoisotopic (exact) mass is 373 g/mol. The number of aliphatic hydroxyl groups excluding tert-OH is 1. The lowest BCUT2D eigenvalue weighted by atomic mass is 10.1. The molecule has 2 aromatic rings. The molecule has 2 heterocycles. The summed E-state index contributed by atoms with van der Waals surface area (Å²) in [4.78, 5) is 21.5. The molecule has 27 heavy (non-hydrogen) atoms. The Morgan fingerprint density at radius 2 is 2.11 bits per heavy atom. The zero-order valence-electron chi connectivity index (χ0n) is 16.6. The minimum Gasteiger partial charge on any atom is -0.396 e. The number of amides is 2. The van der Waals surface area contributed by atoms with Crippen molar-refractivity contribution in [2.75, 3.05) is 32.8 Å². The quantitative estimate of drug-likeness (QED) is 0.810. The van der Waals surface area contributed by atoms with E-state index in [-0.39, 0.29) is 18.7 Å². The van der Waals surface area contributed by atoms with Gasteiger partial charge in [0.2, 0.25) is 0 Å². The molecule has 2 N–H and O–H groups in total. The average molecular weight is 374 g/mol. The first-order chi connectivity index (χ1) is 13.0. The van der Waals surface area contributed by atoms with E-state index in [2.05, 4.69) is 29.0 Å². The second kappa shape index (κ2) is 8.71. The lowest BCUT2D eigenvalue weighted by Gasteiger charge is -2.42. The third-order valence-corrected chi connectivity index (χ3v) is 5.23. The molecule has 1 aromatic heterocycles. The average Bonchev–Trinajstić information content (AvgIpc) is 2.97. The molecule has 148 valence electrons. The van der Waals surface area contributed by atoms with Crippen LogP contribution in [0.4, 0.5) is 4.79 Å². The molecule has 1 aliphatic rings. The number of hydrogen-bond donors (Lipinski definition) is 2. The molecule has 1 aliphatic heterocycles. The van der Waals surface area contributed by atoms with Crippen LogP contribution < -0.4 is 5.32 Å². The minimum atomic E-state index is -0.0609. The number of benzene rings is 1. The molecule has 1 aromatic carbocycles. The predicted octanol–water partition coefficient (Wildman–Crippen LogP) is 1.81. The molecule has 1 saturated heterocycles. The van der Waals surface area contributed by atoms with Crippen molar-refractivity contribution >= 4 is 17.1 Å². The number of rotatable bonds is 6. The molecule has 3 rings (SSSR count). The van der Waals surface area contributed by atoms with Gasteiger partial charge < -0.3 is 19.9 Å². The summed E-state index contributed by atoms with van der Waals surface area (Å²) in [5, 5.41) is 12.4. The van der Waals surface area contributed by atoms with Crippen LogP contribution in [0.3, 0.4) is 0 Å². The van der Waals surface area contributed by atoms with Crippen LogP contribution in [0.1, 0.15) is 26.1 Å². The Kier molecular flexibility index (Phi) is 6.34. The number of urea groups is 1. The molecule has 2 amide bonds. The zero-order valence-corrected chi connectivity index (χ0v) is 16.6. The van der Waals surface area contributed by atoms with Gasteiger partial charge >= 0.3 is 6.03 Å². The zero-order chi connectivity index (χ0) is 19.4. The van der Waals surface area contributed by atoms with Crippen molar-refractivity contribution in [1.29, 1.82) is 0 Å². The lowest BCUT2D eigenvalue weighted by Crippen LogP contribution is -2.57. The maximum atomic E-state index is 12.7. The summed E-state index contributed by atoms with van der Waals surface area (Å²) in [5.74, 6) is 1.42. The van der Waals surface area contributed by atoms with Crippen LogP contribution in [0.25, 0.3) is 11.0 Å². The Balaban J connectivity index is 1.59. The first-order valence-electron chi connectivity index (χ1n) is 9.77. The Morgan fingerprint density at radius 3 is 2.81 bits per heavy atom. The Morgan fingerprint density at radius 1 is 1.33 bits per heavy atom. The van der Waals surface area contributed by atoms with Gasteiger partial charge in [0, 0.05) is 45.9 Å². The maximum absolute atomic E-state index is 12.7. The molecular formula is C20H31N5O2. The molecule has 0 bridgehead atoms. The predicted molar refractivity (Wildman–Crippen MR) is 106 cm³/mol. The van der Waals surface area contributed by atoms with Crippen LogP contribution >= 0.6 is 0 Å². The molecule has 0 aliphatic carbocycles. The highest BCUT2D eigenvalue weighted by Gasteiger charge is 2.29. The van der Waals surface area contributed by atoms with Crippen LogP contribution in [0.2, 0.25) is 0 Å². The van der Waals surface area contributed by atoms with Gasteiger partial charge in [-0.05, 0) is 24.5 Å². The Labute approximate surface area is 161 Å². The van der Waals surface area contributed by atoms with Gasteiger partial charge in [-0.3, -0.25) is 4.90 Å². The number of nitrogens with zero attached hydrogens (tertiary/aromatic N) is 4. The van der Waals surface area contributed by atoms with E-state index in [1.165, 1.54) is 0 Å². The molecule has 1 unspecified atom stereocenters. The van der Waals surface area contributed by atoms with Crippen molar-refractivity contribution in [3.63, 3.8) is 0 Å². The third-order valence-electron chi connectivity index (χ3n) is 5.23. The largest absolute Gasteiger partial charge is 0.396 e. The number of nitrogens with one attached hydrogen (secondary N) is 1. The number of aromatic nitrogens is 2. The summed E-state index contributed by atoms with van der Waals surface area (Å²) in [6.07, 6.45) is 0.696. The van der Waals surface area contributed by atoms with E-state index in [1.807, 2.05) is 40.8 Å². The van der Waals surface area contributed by atoms with Gasteiger partial charge in [0.15, 0.2) is 0 Å². The number of carbonyl (C=O) groups is 1. The molecule has 1 atom stereocenters. The van der Waals surface area contributed by atoms with Crippen molar-refractivity contribution in [1.82, 2.24) is 24.7 Å². The van der Waals surface area contributed by atoms with E-state index in [0.717, 1.165) is 29.9 Å². The molecule has 0 spiro atoms. The van der Waals surface area contributed by atoms with Gasteiger partial charge in [-0.15, -0.1) is 0 Å². The van der Waals surface area contributed by atoms with Gasteiger partial charge in [-0.1, -0.05) is 26.0 Å². The first-order valence-corrected chi connectivity index (χ1v) is 9.77. The standard InChI is InChI=1S/C20H31N5O2/c1-15(2)13-24-9-10-25(14-16(24)8-11-26)20(27)21-12-19-22-17-6-4-5-7-18(17)23(19)3/h4-7,15-16,26H,8-14H2,1-3H3,(H,21,27). The van der Waals surface area contributed by atoms with E-state index in [0.29, 0.717) is 32.0 Å². The number of imidazole rings is 1. The van der Waals surface area contributed by atoms with Crippen molar-refractivity contribution in [3.8, 4) is 0 Å². The smallest absolute Gasteiger partial charge is 0.317 e. The minimum absolute atomic E-state index is 0.0609. The van der Waals surface area contributed by atoms with E-state index >= 15 is 0 Å². The van der Waals surface area contributed by atoms with Crippen molar-refractivity contribution in [2.45, 2.75) is 32.9 Å². The highest BCUT2D eigenvalue weighted by Crippen LogP contribution is 2.16. The Bertz CT molecular complexity index is 773. The summed E-state index contributed by atoms with van der Waals surface area (Å²) < 4.78 is 2.02. The summed E-state index contributed by atoms with van der Waals surface area (Å²) >= 11 is 0. The number of aliphatic hydroxyl groups is 1. The number of carbonyl (C=O) groups excluding carboxylic acids is 1. The van der Waals surface area contributed by atoms with E-state index in [4.69, 9.17) is 0 Å². The van der Waals surface area contributed by atoms with E-state index in [1.54, 1.807) is 0 Å². The van der Waals surface area contributed by atoms with Crippen LogP contribution in [0, 0.1) is 5.92 Å².